The molecule has 1 N–H and O–H groups in total. The third-order valence-electron chi connectivity index (χ3n) is 4.27. The summed E-state index contributed by atoms with van der Waals surface area (Å²) in [4.78, 5) is 0. The van der Waals surface area contributed by atoms with E-state index in [1.54, 1.807) is 13.8 Å². The van der Waals surface area contributed by atoms with Crippen molar-refractivity contribution >= 4 is 23.1 Å². The molecule has 9 heteroatoms. The van der Waals surface area contributed by atoms with Crippen LogP contribution in [-0.2, 0) is 10.2 Å². The number of alkyl halides is 3. The first-order valence-corrected chi connectivity index (χ1v) is 8.12. The van der Waals surface area contributed by atoms with E-state index in [4.69, 9.17) is 16.3 Å². The normalized spacial score (nSPS) is 19.1. The molecule has 0 saturated carbocycles. The van der Waals surface area contributed by atoms with E-state index < -0.39 is 35.7 Å². The zero-order chi connectivity index (χ0) is 19.3. The number of aromatic nitrogens is 1. The summed E-state index contributed by atoms with van der Waals surface area (Å²) >= 11 is 5.85. The topological polar surface area (TPSA) is 48.2 Å². The molecule has 1 aliphatic rings. The summed E-state index contributed by atoms with van der Waals surface area (Å²) in [6.07, 6.45) is -4.44. The van der Waals surface area contributed by atoms with Gasteiger partial charge in [-0.3, -0.25) is 0 Å². The van der Waals surface area contributed by atoms with Crippen molar-refractivity contribution in [3.63, 3.8) is 0 Å². The SMILES string of the molecule is CC(C)OCC1(C(F)(F)F)c2cc(F)ccc2Nc2c1cc(Cl)c[n+]2[O-]. The third kappa shape index (κ3) is 2.87. The Morgan fingerprint density at radius 1 is 1.27 bits per heavy atom. The van der Waals surface area contributed by atoms with E-state index in [-0.39, 0.29) is 26.8 Å². The van der Waals surface area contributed by atoms with E-state index in [0.717, 1.165) is 30.5 Å². The monoisotopic (exact) mass is 390 g/mol. The summed E-state index contributed by atoms with van der Waals surface area (Å²) in [7, 11) is 0. The molecule has 4 nitrogen and oxygen atoms in total. The van der Waals surface area contributed by atoms with Crippen molar-refractivity contribution in [3.8, 4) is 0 Å². The Kier molecular flexibility index (Phi) is 4.52. The highest BCUT2D eigenvalue weighted by atomic mass is 35.5. The van der Waals surface area contributed by atoms with Gasteiger partial charge in [-0.2, -0.15) is 13.2 Å². The number of nitrogens with one attached hydrogen (secondary N) is 1. The van der Waals surface area contributed by atoms with Gasteiger partial charge < -0.3 is 9.94 Å². The molecule has 140 valence electrons. The van der Waals surface area contributed by atoms with Crippen LogP contribution in [0.3, 0.4) is 0 Å². The van der Waals surface area contributed by atoms with Gasteiger partial charge >= 0.3 is 6.18 Å². The second-order valence-electron chi connectivity index (χ2n) is 6.32. The fourth-order valence-electron chi connectivity index (χ4n) is 3.07. The number of hydrogen-bond donors (Lipinski definition) is 1. The largest absolute Gasteiger partial charge is 0.711 e. The lowest BCUT2D eigenvalue weighted by molar-refractivity contribution is -0.590. The first-order valence-electron chi connectivity index (χ1n) is 7.75. The van der Waals surface area contributed by atoms with Crippen LogP contribution in [-0.4, -0.2) is 18.9 Å². The van der Waals surface area contributed by atoms with Crippen molar-refractivity contribution in [2.75, 3.05) is 11.9 Å². The van der Waals surface area contributed by atoms with Crippen LogP contribution < -0.4 is 10.0 Å². The fourth-order valence-corrected chi connectivity index (χ4v) is 3.27. The molecule has 2 aromatic rings. The molecular formula is C17H15ClF4N2O2. The number of pyridine rings is 1. The summed E-state index contributed by atoms with van der Waals surface area (Å²) in [5.41, 5.74) is -3.53. The average molecular weight is 391 g/mol. The zero-order valence-electron chi connectivity index (χ0n) is 13.8. The molecule has 0 spiro atoms. The van der Waals surface area contributed by atoms with Crippen LogP contribution >= 0.6 is 11.6 Å². The average Bonchev–Trinajstić information content (AvgIpc) is 2.51. The molecule has 1 aliphatic heterocycles. The zero-order valence-corrected chi connectivity index (χ0v) is 14.6. The highest BCUT2D eigenvalue weighted by Gasteiger charge is 2.63. The highest BCUT2D eigenvalue weighted by molar-refractivity contribution is 6.30. The van der Waals surface area contributed by atoms with Crippen molar-refractivity contribution < 1.29 is 27.0 Å². The van der Waals surface area contributed by atoms with Crippen LogP contribution in [0.4, 0.5) is 29.1 Å². The maximum atomic E-state index is 14.4. The van der Waals surface area contributed by atoms with Crippen molar-refractivity contribution in [3.05, 3.63) is 57.6 Å². The van der Waals surface area contributed by atoms with Crippen molar-refractivity contribution in [1.29, 1.82) is 0 Å². The fraction of sp³-hybridized carbons (Fsp3) is 0.353. The van der Waals surface area contributed by atoms with Gasteiger partial charge in [-0.25, -0.2) is 14.4 Å². The van der Waals surface area contributed by atoms with Gasteiger partial charge in [-0.15, -0.1) is 0 Å². The number of fused-ring (bicyclic) bond motifs is 2. The maximum absolute atomic E-state index is 14.4. The second-order valence-corrected chi connectivity index (χ2v) is 6.76. The van der Waals surface area contributed by atoms with Gasteiger partial charge in [-0.1, -0.05) is 11.6 Å². The Balaban J connectivity index is 2.38. The molecule has 3 rings (SSSR count). The predicted octanol–water partition coefficient (Wildman–Crippen LogP) is 4.44. The number of halogens is 5. The summed E-state index contributed by atoms with van der Waals surface area (Å²) in [5.74, 6) is -1.15. The molecule has 0 saturated heterocycles. The minimum atomic E-state index is -4.88. The van der Waals surface area contributed by atoms with E-state index >= 15 is 0 Å². The lowest BCUT2D eigenvalue weighted by atomic mass is 9.71. The van der Waals surface area contributed by atoms with E-state index in [9.17, 15) is 22.8 Å². The molecular weight excluding hydrogens is 376 g/mol. The maximum Gasteiger partial charge on any atom is 0.405 e. The Hall–Kier alpha value is -2.06. The van der Waals surface area contributed by atoms with E-state index in [2.05, 4.69) is 5.32 Å². The smallest absolute Gasteiger partial charge is 0.405 e. The summed E-state index contributed by atoms with van der Waals surface area (Å²) in [5, 5.41) is 14.7. The molecule has 0 fully saturated rings. The number of benzene rings is 1. The minimum Gasteiger partial charge on any atom is -0.711 e. The number of hydrogen-bond acceptors (Lipinski definition) is 3. The van der Waals surface area contributed by atoms with Crippen LogP contribution in [0.1, 0.15) is 25.0 Å². The number of anilines is 2. The molecule has 0 amide bonds. The van der Waals surface area contributed by atoms with Crippen molar-refractivity contribution in [1.82, 2.24) is 0 Å². The predicted molar refractivity (Wildman–Crippen MR) is 88.0 cm³/mol. The highest BCUT2D eigenvalue weighted by Crippen LogP contribution is 2.54. The molecule has 1 aromatic carbocycles. The summed E-state index contributed by atoms with van der Waals surface area (Å²) in [6, 6.07) is 4.05. The van der Waals surface area contributed by atoms with Crippen molar-refractivity contribution in [2.24, 2.45) is 0 Å². The van der Waals surface area contributed by atoms with Gasteiger partial charge in [0, 0.05) is 5.56 Å². The Bertz CT molecular complexity index is 857. The molecule has 0 aliphatic carbocycles. The second kappa shape index (κ2) is 6.28. The number of nitrogens with zero attached hydrogens (tertiary/aromatic N) is 1. The molecule has 2 heterocycles. The third-order valence-corrected chi connectivity index (χ3v) is 4.48. The van der Waals surface area contributed by atoms with Crippen LogP contribution in [0, 0.1) is 11.0 Å². The van der Waals surface area contributed by atoms with E-state index in [1.165, 1.54) is 0 Å². The van der Waals surface area contributed by atoms with Crippen LogP contribution in [0.15, 0.2) is 30.5 Å². The molecule has 1 unspecified atom stereocenters. The number of ether oxygens (including phenoxy) is 1. The first-order chi connectivity index (χ1) is 12.1. The first kappa shape index (κ1) is 18.7. The van der Waals surface area contributed by atoms with E-state index in [0.29, 0.717) is 0 Å². The van der Waals surface area contributed by atoms with Crippen LogP contribution in [0.25, 0.3) is 0 Å². The van der Waals surface area contributed by atoms with Gasteiger partial charge in [0.15, 0.2) is 5.41 Å². The van der Waals surface area contributed by atoms with Crippen LogP contribution in [0.2, 0.25) is 5.02 Å². The Morgan fingerprint density at radius 3 is 2.58 bits per heavy atom. The van der Waals surface area contributed by atoms with Gasteiger partial charge in [0.2, 0.25) is 0 Å². The van der Waals surface area contributed by atoms with Crippen molar-refractivity contribution in [2.45, 2.75) is 31.5 Å². The van der Waals surface area contributed by atoms with Crippen LogP contribution in [0.5, 0.6) is 0 Å². The van der Waals surface area contributed by atoms with Gasteiger partial charge in [-0.05, 0) is 38.1 Å². The quantitative estimate of drug-likeness (QED) is 0.479. The Morgan fingerprint density at radius 2 is 1.96 bits per heavy atom. The molecule has 0 radical (unpaired) electrons. The Labute approximate surface area is 151 Å². The minimum absolute atomic E-state index is 0.0181. The summed E-state index contributed by atoms with van der Waals surface area (Å²) in [6.45, 7) is 2.36. The van der Waals surface area contributed by atoms with Gasteiger partial charge in [0.25, 0.3) is 5.82 Å². The molecule has 1 aromatic heterocycles. The lowest BCUT2D eigenvalue weighted by Gasteiger charge is -2.40. The lowest BCUT2D eigenvalue weighted by Crippen LogP contribution is -2.52. The molecule has 1 atom stereocenters. The summed E-state index contributed by atoms with van der Waals surface area (Å²) < 4.78 is 62.6. The van der Waals surface area contributed by atoms with Gasteiger partial charge in [0.1, 0.15) is 17.7 Å². The number of rotatable bonds is 3. The standard InChI is InChI=1S/C17H15ClF4N2O2/c1-9(2)26-8-16(17(20,21)22)12-6-11(19)3-4-14(12)23-15-13(16)5-10(18)7-24(15)25/h3-7,9,23H,8H2,1-2H3. The van der Waals surface area contributed by atoms with Gasteiger partial charge in [0.05, 0.1) is 23.3 Å². The molecule has 0 bridgehead atoms. The van der Waals surface area contributed by atoms with E-state index in [1.807, 2.05) is 0 Å². The molecule has 26 heavy (non-hydrogen) atoms.